The zero-order chi connectivity index (χ0) is 14.9. The van der Waals surface area contributed by atoms with Gasteiger partial charge in [-0.25, -0.2) is 4.98 Å². The molecule has 1 saturated heterocycles. The summed E-state index contributed by atoms with van der Waals surface area (Å²) in [7, 11) is 0. The van der Waals surface area contributed by atoms with Crippen molar-refractivity contribution in [2.24, 2.45) is 0 Å². The third-order valence-corrected chi connectivity index (χ3v) is 3.88. The summed E-state index contributed by atoms with van der Waals surface area (Å²) in [5.41, 5.74) is 1.91. The third kappa shape index (κ3) is 2.20. The molecular weight excluding hydrogens is 280 g/mol. The highest BCUT2D eigenvalue weighted by atomic mass is 16.2. The number of carbonyl (C=O) groups excluding carboxylic acids is 1. The van der Waals surface area contributed by atoms with Gasteiger partial charge in [-0.3, -0.25) is 9.78 Å². The van der Waals surface area contributed by atoms with Gasteiger partial charge in [0.1, 0.15) is 5.69 Å². The second-order valence-corrected chi connectivity index (χ2v) is 5.29. The Morgan fingerprint density at radius 2 is 1.91 bits per heavy atom. The van der Waals surface area contributed by atoms with Gasteiger partial charge >= 0.3 is 0 Å². The predicted molar refractivity (Wildman–Crippen MR) is 79.1 cm³/mol. The Balaban J connectivity index is 1.56. The fraction of sp³-hybridized carbons (Fsp3) is 0.267. The molecule has 1 aliphatic heterocycles. The maximum absolute atomic E-state index is 12.6. The summed E-state index contributed by atoms with van der Waals surface area (Å²) in [6.07, 6.45) is 5.70. The third-order valence-electron chi connectivity index (χ3n) is 3.88. The molecule has 0 bridgehead atoms. The number of rotatable bonds is 2. The summed E-state index contributed by atoms with van der Waals surface area (Å²) in [5.74, 6) is -0.0899. The molecule has 1 unspecified atom stereocenters. The van der Waals surface area contributed by atoms with Gasteiger partial charge < -0.3 is 4.90 Å². The number of fused-ring (bicyclic) bond motifs is 1. The lowest BCUT2D eigenvalue weighted by Gasteiger charge is -2.15. The Hall–Kier alpha value is -2.83. The minimum atomic E-state index is -0.0899. The number of nitrogens with zero attached hydrogens (tertiary/aromatic N) is 6. The Morgan fingerprint density at radius 1 is 1.14 bits per heavy atom. The number of benzene rings is 1. The van der Waals surface area contributed by atoms with E-state index in [1.54, 1.807) is 28.3 Å². The summed E-state index contributed by atoms with van der Waals surface area (Å²) >= 11 is 0. The monoisotopic (exact) mass is 294 g/mol. The van der Waals surface area contributed by atoms with Crippen LogP contribution in [0.1, 0.15) is 23.0 Å². The molecular formula is C15H14N6O. The van der Waals surface area contributed by atoms with Gasteiger partial charge in [0, 0.05) is 13.1 Å². The largest absolute Gasteiger partial charge is 0.335 e. The van der Waals surface area contributed by atoms with Crippen LogP contribution in [-0.2, 0) is 0 Å². The molecule has 1 atom stereocenters. The van der Waals surface area contributed by atoms with Crippen molar-refractivity contribution in [2.45, 2.75) is 12.5 Å². The molecule has 0 radical (unpaired) electrons. The molecule has 2 aromatic heterocycles. The van der Waals surface area contributed by atoms with E-state index in [2.05, 4.69) is 20.2 Å². The second-order valence-electron chi connectivity index (χ2n) is 5.29. The quantitative estimate of drug-likeness (QED) is 0.712. The van der Waals surface area contributed by atoms with Gasteiger partial charge in [0.25, 0.3) is 5.91 Å². The molecule has 4 rings (SSSR count). The minimum Gasteiger partial charge on any atom is -0.335 e. The van der Waals surface area contributed by atoms with E-state index in [1.165, 1.54) is 0 Å². The number of likely N-dealkylation sites (tertiary alicyclic amines) is 1. The first-order valence-electron chi connectivity index (χ1n) is 7.18. The molecule has 0 N–H and O–H groups in total. The first-order valence-corrected chi connectivity index (χ1v) is 7.18. The molecule has 0 spiro atoms. The maximum Gasteiger partial charge on any atom is 0.274 e. The Bertz CT molecular complexity index is 816. The fourth-order valence-corrected chi connectivity index (χ4v) is 2.75. The molecule has 22 heavy (non-hydrogen) atoms. The van der Waals surface area contributed by atoms with E-state index < -0.39 is 0 Å². The highest BCUT2D eigenvalue weighted by Crippen LogP contribution is 2.21. The SMILES string of the molecule is O=C(c1cnc2ccccc2n1)N1CCC(n2nccn2)C1. The molecule has 1 aromatic carbocycles. The van der Waals surface area contributed by atoms with Crippen LogP contribution in [0.25, 0.3) is 11.0 Å². The Labute approximate surface area is 126 Å². The number of aromatic nitrogens is 5. The fourth-order valence-electron chi connectivity index (χ4n) is 2.75. The highest BCUT2D eigenvalue weighted by Gasteiger charge is 2.29. The van der Waals surface area contributed by atoms with Gasteiger partial charge in [-0.15, -0.1) is 0 Å². The average molecular weight is 294 g/mol. The molecule has 3 aromatic rings. The van der Waals surface area contributed by atoms with E-state index in [0.717, 1.165) is 17.5 Å². The van der Waals surface area contributed by atoms with Crippen molar-refractivity contribution in [3.63, 3.8) is 0 Å². The average Bonchev–Trinajstić information content (AvgIpc) is 3.24. The van der Waals surface area contributed by atoms with E-state index in [4.69, 9.17) is 0 Å². The highest BCUT2D eigenvalue weighted by molar-refractivity contribution is 5.94. The summed E-state index contributed by atoms with van der Waals surface area (Å²) in [6.45, 7) is 1.28. The summed E-state index contributed by atoms with van der Waals surface area (Å²) < 4.78 is 0. The molecule has 0 saturated carbocycles. The summed E-state index contributed by atoms with van der Waals surface area (Å²) in [5, 5.41) is 8.29. The van der Waals surface area contributed by atoms with Crippen LogP contribution in [0, 0.1) is 0 Å². The summed E-state index contributed by atoms with van der Waals surface area (Å²) in [6, 6.07) is 7.67. The van der Waals surface area contributed by atoms with Gasteiger partial charge in [-0.1, -0.05) is 12.1 Å². The van der Waals surface area contributed by atoms with Crippen molar-refractivity contribution in [3.05, 3.63) is 48.5 Å². The van der Waals surface area contributed by atoms with E-state index in [0.29, 0.717) is 18.8 Å². The molecule has 7 heteroatoms. The minimum absolute atomic E-state index is 0.0899. The van der Waals surface area contributed by atoms with E-state index >= 15 is 0 Å². The topological polar surface area (TPSA) is 76.8 Å². The van der Waals surface area contributed by atoms with Crippen molar-refractivity contribution in [1.82, 2.24) is 29.9 Å². The van der Waals surface area contributed by atoms with Crippen LogP contribution < -0.4 is 0 Å². The molecule has 0 aliphatic carbocycles. The number of hydrogen-bond acceptors (Lipinski definition) is 5. The van der Waals surface area contributed by atoms with Crippen molar-refractivity contribution < 1.29 is 4.79 Å². The molecule has 1 amide bonds. The smallest absolute Gasteiger partial charge is 0.274 e. The first kappa shape index (κ1) is 12.9. The zero-order valence-corrected chi connectivity index (χ0v) is 11.8. The molecule has 110 valence electrons. The zero-order valence-electron chi connectivity index (χ0n) is 11.8. The van der Waals surface area contributed by atoms with Crippen LogP contribution in [-0.4, -0.2) is 48.9 Å². The van der Waals surface area contributed by atoms with Gasteiger partial charge in [-0.05, 0) is 18.6 Å². The van der Waals surface area contributed by atoms with Crippen molar-refractivity contribution in [1.29, 1.82) is 0 Å². The van der Waals surface area contributed by atoms with E-state index in [-0.39, 0.29) is 11.9 Å². The van der Waals surface area contributed by atoms with Crippen molar-refractivity contribution >= 4 is 16.9 Å². The number of carbonyl (C=O) groups is 1. The lowest BCUT2D eigenvalue weighted by atomic mass is 10.3. The number of amides is 1. The normalized spacial score (nSPS) is 18.0. The molecule has 3 heterocycles. The predicted octanol–water partition coefficient (Wildman–Crippen LogP) is 1.31. The van der Waals surface area contributed by atoms with Crippen LogP contribution in [0.15, 0.2) is 42.9 Å². The van der Waals surface area contributed by atoms with Crippen molar-refractivity contribution in [2.75, 3.05) is 13.1 Å². The van der Waals surface area contributed by atoms with Crippen LogP contribution in [0.4, 0.5) is 0 Å². The van der Waals surface area contributed by atoms with Gasteiger partial charge in [-0.2, -0.15) is 15.0 Å². The molecule has 7 nitrogen and oxygen atoms in total. The van der Waals surface area contributed by atoms with E-state index in [9.17, 15) is 4.79 Å². The van der Waals surface area contributed by atoms with Crippen molar-refractivity contribution in [3.8, 4) is 0 Å². The van der Waals surface area contributed by atoms with Gasteiger partial charge in [0.05, 0.1) is 35.7 Å². The Kier molecular flexibility index (Phi) is 3.03. The first-order chi connectivity index (χ1) is 10.8. The van der Waals surface area contributed by atoms with Crippen LogP contribution >= 0.6 is 0 Å². The van der Waals surface area contributed by atoms with Crippen LogP contribution in [0.2, 0.25) is 0 Å². The van der Waals surface area contributed by atoms with E-state index in [1.807, 2.05) is 24.3 Å². The maximum atomic E-state index is 12.6. The standard InChI is InChI=1S/C15H14N6O/c22-15(14-9-16-12-3-1-2-4-13(12)19-14)20-8-5-11(10-20)21-17-6-7-18-21/h1-4,6-7,9,11H,5,8,10H2. The van der Waals surface area contributed by atoms with Crippen LogP contribution in [0.5, 0.6) is 0 Å². The number of hydrogen-bond donors (Lipinski definition) is 0. The second kappa shape index (κ2) is 5.18. The lowest BCUT2D eigenvalue weighted by Crippen LogP contribution is -2.30. The Morgan fingerprint density at radius 3 is 2.73 bits per heavy atom. The molecule has 1 aliphatic rings. The van der Waals surface area contributed by atoms with Gasteiger partial charge in [0.2, 0.25) is 0 Å². The van der Waals surface area contributed by atoms with Gasteiger partial charge in [0.15, 0.2) is 0 Å². The molecule has 1 fully saturated rings. The number of para-hydroxylation sites is 2. The summed E-state index contributed by atoms with van der Waals surface area (Å²) in [4.78, 5) is 24.7. The van der Waals surface area contributed by atoms with Crippen LogP contribution in [0.3, 0.4) is 0 Å². The lowest BCUT2D eigenvalue weighted by molar-refractivity contribution is 0.0780.